The Balaban J connectivity index is 1.99. The second-order valence-electron chi connectivity index (χ2n) is 7.81. The average molecular weight is 428 g/mol. The SMILES string of the molecule is C=c1nc2c(C#N)c(-c3ccccc3)/c(=C\c3ccccc3)n2c(=O)n1-c1ccc(C)cc1. The van der Waals surface area contributed by atoms with Gasteiger partial charge in [0.1, 0.15) is 17.1 Å². The largest absolute Gasteiger partial charge is 0.340 e. The van der Waals surface area contributed by atoms with Crippen LogP contribution in [0.2, 0.25) is 0 Å². The van der Waals surface area contributed by atoms with Crippen LogP contribution in [0.5, 0.6) is 0 Å². The van der Waals surface area contributed by atoms with Crippen molar-refractivity contribution in [2.75, 3.05) is 0 Å². The molecule has 0 radical (unpaired) electrons. The number of fused-ring (bicyclic) bond motifs is 1. The monoisotopic (exact) mass is 428 g/mol. The molecule has 2 heterocycles. The summed E-state index contributed by atoms with van der Waals surface area (Å²) in [6, 6.07) is 29.2. The highest BCUT2D eigenvalue weighted by Gasteiger charge is 2.20. The van der Waals surface area contributed by atoms with E-state index in [0.717, 1.165) is 16.7 Å². The van der Waals surface area contributed by atoms with E-state index >= 15 is 0 Å². The first kappa shape index (κ1) is 20.2. The zero-order valence-electron chi connectivity index (χ0n) is 18.1. The summed E-state index contributed by atoms with van der Waals surface area (Å²) in [6.07, 6.45) is 1.92. The summed E-state index contributed by atoms with van der Waals surface area (Å²) in [5.74, 6) is 0. The lowest BCUT2D eigenvalue weighted by molar-refractivity contribution is 0.799. The van der Waals surface area contributed by atoms with Gasteiger partial charge < -0.3 is 0 Å². The predicted molar refractivity (Wildman–Crippen MR) is 130 cm³/mol. The van der Waals surface area contributed by atoms with E-state index in [-0.39, 0.29) is 11.2 Å². The Morgan fingerprint density at radius 2 is 1.58 bits per heavy atom. The predicted octanol–water partition coefficient (Wildman–Crippen LogP) is 3.57. The summed E-state index contributed by atoms with van der Waals surface area (Å²) >= 11 is 0. The molecule has 5 rings (SSSR count). The highest BCUT2D eigenvalue weighted by molar-refractivity contribution is 5.80. The zero-order valence-corrected chi connectivity index (χ0v) is 18.1. The van der Waals surface area contributed by atoms with Crippen molar-refractivity contribution >= 4 is 18.3 Å². The van der Waals surface area contributed by atoms with Gasteiger partial charge in [-0.3, -0.25) is 0 Å². The molecule has 33 heavy (non-hydrogen) atoms. The lowest BCUT2D eigenvalue weighted by Crippen LogP contribution is -2.41. The molecule has 158 valence electrons. The van der Waals surface area contributed by atoms with E-state index in [2.05, 4.69) is 17.6 Å². The molecule has 0 aliphatic carbocycles. The molecule has 5 nitrogen and oxygen atoms in total. The number of hydrogen-bond acceptors (Lipinski definition) is 3. The minimum absolute atomic E-state index is 0.274. The topological polar surface area (TPSA) is 63.1 Å². The molecular weight excluding hydrogens is 408 g/mol. The molecule has 0 aliphatic heterocycles. The van der Waals surface area contributed by atoms with E-state index in [1.165, 1.54) is 8.97 Å². The molecule has 0 bridgehead atoms. The van der Waals surface area contributed by atoms with E-state index < -0.39 is 0 Å². The van der Waals surface area contributed by atoms with Gasteiger partial charge in [0.05, 0.1) is 11.0 Å². The van der Waals surface area contributed by atoms with Crippen LogP contribution in [0.25, 0.3) is 35.1 Å². The molecule has 0 fully saturated rings. The molecule has 0 saturated heterocycles. The van der Waals surface area contributed by atoms with Gasteiger partial charge in [0, 0.05) is 5.56 Å². The molecule has 0 saturated carbocycles. The van der Waals surface area contributed by atoms with Gasteiger partial charge in [-0.1, -0.05) is 84.9 Å². The van der Waals surface area contributed by atoms with Crippen molar-refractivity contribution in [3.63, 3.8) is 0 Å². The third-order valence-corrected chi connectivity index (χ3v) is 5.63. The van der Waals surface area contributed by atoms with Crippen molar-refractivity contribution in [2.24, 2.45) is 0 Å². The smallest absolute Gasteiger partial charge is 0.247 e. The fraction of sp³-hybridized carbons (Fsp3) is 0.0357. The Hall–Kier alpha value is -4.69. The van der Waals surface area contributed by atoms with Crippen LogP contribution in [0.3, 0.4) is 0 Å². The first-order valence-corrected chi connectivity index (χ1v) is 10.5. The van der Waals surface area contributed by atoms with Crippen LogP contribution in [0.1, 0.15) is 16.7 Å². The number of aryl methyl sites for hydroxylation is 1. The van der Waals surface area contributed by atoms with E-state index in [1.54, 1.807) is 0 Å². The number of benzene rings is 3. The lowest BCUT2D eigenvalue weighted by atomic mass is 10.0. The molecule has 0 spiro atoms. The van der Waals surface area contributed by atoms with Gasteiger partial charge in [0.2, 0.25) is 0 Å². The normalized spacial score (nSPS) is 11.6. The van der Waals surface area contributed by atoms with Crippen LogP contribution < -0.4 is 16.5 Å². The Morgan fingerprint density at radius 1 is 0.939 bits per heavy atom. The second-order valence-corrected chi connectivity index (χ2v) is 7.81. The van der Waals surface area contributed by atoms with Crippen molar-refractivity contribution < 1.29 is 0 Å². The van der Waals surface area contributed by atoms with Gasteiger partial charge in [-0.2, -0.15) is 5.26 Å². The van der Waals surface area contributed by atoms with Crippen molar-refractivity contribution in [3.05, 3.63) is 123 Å². The summed E-state index contributed by atoms with van der Waals surface area (Å²) in [7, 11) is 0. The quantitative estimate of drug-likeness (QED) is 0.441. The Bertz CT molecular complexity index is 1690. The van der Waals surface area contributed by atoms with Gasteiger partial charge in [-0.05, 0) is 36.3 Å². The van der Waals surface area contributed by atoms with Crippen molar-refractivity contribution in [2.45, 2.75) is 6.92 Å². The first-order chi connectivity index (χ1) is 16.1. The van der Waals surface area contributed by atoms with E-state index in [0.29, 0.717) is 27.8 Å². The minimum atomic E-state index is -0.324. The van der Waals surface area contributed by atoms with Crippen LogP contribution in [0.15, 0.2) is 89.7 Å². The fourth-order valence-electron chi connectivity index (χ4n) is 4.06. The molecule has 0 aliphatic rings. The number of nitriles is 1. The van der Waals surface area contributed by atoms with Crippen LogP contribution in [-0.4, -0.2) is 14.0 Å². The summed E-state index contributed by atoms with van der Waals surface area (Å²) in [5.41, 5.74) is 4.79. The van der Waals surface area contributed by atoms with Crippen LogP contribution in [0.4, 0.5) is 0 Å². The van der Waals surface area contributed by atoms with Crippen LogP contribution in [0, 0.1) is 18.3 Å². The van der Waals surface area contributed by atoms with Crippen molar-refractivity contribution in [3.8, 4) is 22.9 Å². The van der Waals surface area contributed by atoms with Crippen LogP contribution >= 0.6 is 0 Å². The Labute approximate surface area is 190 Å². The Kier molecular flexibility index (Phi) is 4.96. The molecule has 0 amide bonds. The van der Waals surface area contributed by atoms with Gasteiger partial charge in [0.25, 0.3) is 0 Å². The minimum Gasteiger partial charge on any atom is -0.247 e. The maximum absolute atomic E-state index is 13.9. The molecule has 0 N–H and O–H groups in total. The standard InChI is InChI=1S/C28H20N4O/c1-19-13-15-23(16-14-19)31-20(2)30-27-24(18-29)26(22-11-7-4-8-12-22)25(32(27)28(31)33)17-21-9-5-3-6-10-21/h3-17H,2H2,1H3/b25-17+. The number of aromatic nitrogens is 3. The van der Waals surface area contributed by atoms with E-state index in [9.17, 15) is 10.1 Å². The van der Waals surface area contributed by atoms with Crippen molar-refractivity contribution in [1.29, 1.82) is 5.26 Å². The third kappa shape index (κ3) is 3.44. The molecule has 0 atom stereocenters. The molecular formula is C28H20N4O. The highest BCUT2D eigenvalue weighted by atomic mass is 16.1. The maximum Gasteiger partial charge on any atom is 0.340 e. The number of hydrogen-bond donors (Lipinski definition) is 0. The van der Waals surface area contributed by atoms with Crippen molar-refractivity contribution in [1.82, 2.24) is 14.0 Å². The summed E-state index contributed by atoms with van der Waals surface area (Å²) in [6.45, 7) is 6.01. The van der Waals surface area contributed by atoms with E-state index in [1.807, 2.05) is 97.9 Å². The third-order valence-electron chi connectivity index (χ3n) is 5.63. The maximum atomic E-state index is 13.9. The lowest BCUT2D eigenvalue weighted by Gasteiger charge is -2.08. The van der Waals surface area contributed by atoms with Gasteiger partial charge in [-0.25, -0.2) is 18.7 Å². The van der Waals surface area contributed by atoms with Gasteiger partial charge in [0.15, 0.2) is 5.65 Å². The molecule has 3 aromatic carbocycles. The molecule has 2 aromatic heterocycles. The highest BCUT2D eigenvalue weighted by Crippen LogP contribution is 2.23. The summed E-state index contributed by atoms with van der Waals surface area (Å²) in [5, 5.41) is 10.7. The Morgan fingerprint density at radius 3 is 2.21 bits per heavy atom. The number of nitrogens with zero attached hydrogens (tertiary/aromatic N) is 4. The number of rotatable bonds is 3. The van der Waals surface area contributed by atoms with Crippen LogP contribution in [-0.2, 0) is 0 Å². The molecule has 5 heteroatoms. The second kappa shape index (κ2) is 8.10. The average Bonchev–Trinajstić information content (AvgIpc) is 3.14. The summed E-state index contributed by atoms with van der Waals surface area (Å²) < 4.78 is 2.99. The fourth-order valence-corrected chi connectivity index (χ4v) is 4.06. The van der Waals surface area contributed by atoms with Gasteiger partial charge >= 0.3 is 5.69 Å². The zero-order chi connectivity index (χ0) is 22.9. The molecule has 0 unspecified atom stereocenters. The summed E-state index contributed by atoms with van der Waals surface area (Å²) in [4.78, 5) is 18.5. The molecule has 5 aromatic rings. The first-order valence-electron chi connectivity index (χ1n) is 10.5. The van der Waals surface area contributed by atoms with E-state index in [4.69, 9.17) is 0 Å². The van der Waals surface area contributed by atoms with Gasteiger partial charge in [-0.15, -0.1) is 0 Å².